The fourth-order valence-electron chi connectivity index (χ4n) is 1.64. The van der Waals surface area contributed by atoms with E-state index in [0.717, 1.165) is 19.5 Å². The number of nitrogens with zero attached hydrogens (tertiary/aromatic N) is 1. The van der Waals surface area contributed by atoms with Gasteiger partial charge in [-0.25, -0.2) is 4.79 Å². The number of nitrogens with one attached hydrogen (secondary N) is 1. The van der Waals surface area contributed by atoms with Crippen LogP contribution in [0.15, 0.2) is 0 Å². The van der Waals surface area contributed by atoms with E-state index in [9.17, 15) is 4.79 Å². The summed E-state index contributed by atoms with van der Waals surface area (Å²) >= 11 is 0. The molecule has 0 bridgehead atoms. The van der Waals surface area contributed by atoms with Crippen LogP contribution >= 0.6 is 0 Å². The normalized spacial score (nSPS) is 14.5. The van der Waals surface area contributed by atoms with Crippen LogP contribution < -0.4 is 5.32 Å². The Morgan fingerprint density at radius 2 is 1.73 bits per heavy atom. The van der Waals surface area contributed by atoms with E-state index in [1.807, 2.05) is 18.7 Å². The molecular formula is C12H26N2O. The third kappa shape index (κ3) is 5.65. The van der Waals surface area contributed by atoms with Gasteiger partial charge in [-0.2, -0.15) is 0 Å². The van der Waals surface area contributed by atoms with E-state index in [1.54, 1.807) is 0 Å². The molecule has 0 aliphatic rings. The predicted molar refractivity (Wildman–Crippen MR) is 65.0 cm³/mol. The minimum atomic E-state index is 0.0656. The summed E-state index contributed by atoms with van der Waals surface area (Å²) < 4.78 is 0. The third-order valence-corrected chi connectivity index (χ3v) is 2.87. The summed E-state index contributed by atoms with van der Waals surface area (Å²) in [7, 11) is 0. The largest absolute Gasteiger partial charge is 0.336 e. The van der Waals surface area contributed by atoms with Gasteiger partial charge in [-0.05, 0) is 33.1 Å². The lowest BCUT2D eigenvalue weighted by molar-refractivity contribution is 0.198. The Balaban J connectivity index is 3.94. The molecule has 2 unspecified atom stereocenters. The molecule has 0 heterocycles. The number of carbonyl (C=O) groups is 1. The first kappa shape index (κ1) is 14.3. The number of urea groups is 1. The van der Waals surface area contributed by atoms with Crippen molar-refractivity contribution in [3.05, 3.63) is 0 Å². The smallest absolute Gasteiger partial charge is 0.317 e. The molecule has 15 heavy (non-hydrogen) atoms. The van der Waals surface area contributed by atoms with Crippen molar-refractivity contribution in [2.45, 2.75) is 53.5 Å². The summed E-state index contributed by atoms with van der Waals surface area (Å²) in [6, 6.07) is 0.337. The zero-order chi connectivity index (χ0) is 11.8. The van der Waals surface area contributed by atoms with Crippen molar-refractivity contribution >= 4 is 6.03 Å². The highest BCUT2D eigenvalue weighted by molar-refractivity contribution is 5.74. The molecule has 0 rings (SSSR count). The molecule has 0 aliphatic carbocycles. The average molecular weight is 214 g/mol. The molecule has 0 aromatic rings. The molecular weight excluding hydrogens is 188 g/mol. The second kappa shape index (κ2) is 7.55. The van der Waals surface area contributed by atoms with Gasteiger partial charge in [0, 0.05) is 19.1 Å². The fraction of sp³-hybridized carbons (Fsp3) is 0.917. The lowest BCUT2D eigenvalue weighted by atomic mass is 10.0. The topological polar surface area (TPSA) is 32.3 Å². The summed E-state index contributed by atoms with van der Waals surface area (Å²) in [6.45, 7) is 12.0. The van der Waals surface area contributed by atoms with Gasteiger partial charge >= 0.3 is 6.03 Å². The van der Waals surface area contributed by atoms with Crippen molar-refractivity contribution in [1.82, 2.24) is 10.2 Å². The zero-order valence-corrected chi connectivity index (χ0v) is 10.8. The number of rotatable bonds is 6. The van der Waals surface area contributed by atoms with Crippen LogP contribution in [-0.4, -0.2) is 30.1 Å². The second-order valence-corrected chi connectivity index (χ2v) is 4.27. The predicted octanol–water partition coefficient (Wildman–Crippen LogP) is 2.86. The van der Waals surface area contributed by atoms with Crippen LogP contribution in [0.5, 0.6) is 0 Å². The fourth-order valence-corrected chi connectivity index (χ4v) is 1.64. The summed E-state index contributed by atoms with van der Waals surface area (Å²) in [5, 5.41) is 3.03. The highest BCUT2D eigenvalue weighted by Gasteiger charge is 2.13. The van der Waals surface area contributed by atoms with Gasteiger partial charge in [0.05, 0.1) is 0 Å². The molecule has 0 saturated carbocycles. The van der Waals surface area contributed by atoms with Crippen molar-refractivity contribution < 1.29 is 4.79 Å². The lowest BCUT2D eigenvalue weighted by Gasteiger charge is -2.23. The molecule has 0 saturated heterocycles. The summed E-state index contributed by atoms with van der Waals surface area (Å²) in [4.78, 5) is 13.5. The van der Waals surface area contributed by atoms with Crippen LogP contribution in [0.3, 0.4) is 0 Å². The van der Waals surface area contributed by atoms with Crippen LogP contribution in [0.25, 0.3) is 0 Å². The molecule has 2 amide bonds. The van der Waals surface area contributed by atoms with Crippen LogP contribution in [0, 0.1) is 5.92 Å². The van der Waals surface area contributed by atoms with Gasteiger partial charge in [-0.1, -0.05) is 20.3 Å². The second-order valence-electron chi connectivity index (χ2n) is 4.27. The van der Waals surface area contributed by atoms with Gasteiger partial charge in [0.1, 0.15) is 0 Å². The molecule has 0 radical (unpaired) electrons. The Hall–Kier alpha value is -0.730. The number of hydrogen-bond acceptors (Lipinski definition) is 1. The Kier molecular flexibility index (Phi) is 7.18. The van der Waals surface area contributed by atoms with E-state index >= 15 is 0 Å². The van der Waals surface area contributed by atoms with E-state index in [2.05, 4.69) is 26.1 Å². The minimum absolute atomic E-state index is 0.0656. The molecule has 3 nitrogen and oxygen atoms in total. The van der Waals surface area contributed by atoms with Crippen molar-refractivity contribution in [2.75, 3.05) is 13.1 Å². The van der Waals surface area contributed by atoms with Gasteiger partial charge in [-0.3, -0.25) is 0 Å². The SMILES string of the molecule is CCC(C)CC(C)NC(=O)N(CC)CC. The zero-order valence-electron chi connectivity index (χ0n) is 10.8. The minimum Gasteiger partial charge on any atom is -0.336 e. The Morgan fingerprint density at radius 3 is 2.13 bits per heavy atom. The molecule has 0 aromatic heterocycles. The Bertz CT molecular complexity index is 178. The average Bonchev–Trinajstić information content (AvgIpc) is 2.19. The van der Waals surface area contributed by atoms with Crippen molar-refractivity contribution in [2.24, 2.45) is 5.92 Å². The van der Waals surface area contributed by atoms with Crippen molar-refractivity contribution in [1.29, 1.82) is 0 Å². The maximum atomic E-state index is 11.7. The van der Waals surface area contributed by atoms with Crippen LogP contribution in [0.4, 0.5) is 4.79 Å². The number of carbonyl (C=O) groups excluding carboxylic acids is 1. The summed E-state index contributed by atoms with van der Waals surface area (Å²) in [5.74, 6) is 0.678. The van der Waals surface area contributed by atoms with Gasteiger partial charge in [0.2, 0.25) is 0 Å². The first-order valence-corrected chi connectivity index (χ1v) is 6.10. The van der Waals surface area contributed by atoms with E-state index < -0.39 is 0 Å². The van der Waals surface area contributed by atoms with Gasteiger partial charge in [0.25, 0.3) is 0 Å². The molecule has 3 heteroatoms. The molecule has 90 valence electrons. The molecule has 0 aliphatic heterocycles. The number of hydrogen-bond donors (Lipinski definition) is 1. The molecule has 1 N–H and O–H groups in total. The maximum absolute atomic E-state index is 11.7. The number of amides is 2. The molecule has 0 aromatic carbocycles. The first-order chi connectivity index (χ1) is 7.04. The maximum Gasteiger partial charge on any atom is 0.317 e. The molecule has 0 spiro atoms. The van der Waals surface area contributed by atoms with Crippen LogP contribution in [0.2, 0.25) is 0 Å². The third-order valence-electron chi connectivity index (χ3n) is 2.87. The van der Waals surface area contributed by atoms with Crippen LogP contribution in [0.1, 0.15) is 47.5 Å². The highest BCUT2D eigenvalue weighted by atomic mass is 16.2. The van der Waals surface area contributed by atoms with E-state index in [1.165, 1.54) is 6.42 Å². The van der Waals surface area contributed by atoms with Crippen molar-refractivity contribution in [3.8, 4) is 0 Å². The van der Waals surface area contributed by atoms with E-state index in [4.69, 9.17) is 0 Å². The lowest BCUT2D eigenvalue weighted by Crippen LogP contribution is -2.44. The van der Waals surface area contributed by atoms with Gasteiger partial charge in [-0.15, -0.1) is 0 Å². The van der Waals surface area contributed by atoms with E-state index in [0.29, 0.717) is 5.92 Å². The monoisotopic (exact) mass is 214 g/mol. The van der Waals surface area contributed by atoms with Gasteiger partial charge < -0.3 is 10.2 Å². The standard InChI is InChI=1S/C12H26N2O/c1-6-10(4)9-11(5)13-12(15)14(7-2)8-3/h10-11H,6-9H2,1-5H3,(H,13,15). The Labute approximate surface area is 94.2 Å². The first-order valence-electron chi connectivity index (χ1n) is 6.10. The van der Waals surface area contributed by atoms with Crippen molar-refractivity contribution in [3.63, 3.8) is 0 Å². The summed E-state index contributed by atoms with van der Waals surface area (Å²) in [6.07, 6.45) is 2.23. The Morgan fingerprint density at radius 1 is 1.20 bits per heavy atom. The quantitative estimate of drug-likeness (QED) is 0.724. The molecule has 2 atom stereocenters. The molecule has 0 fully saturated rings. The highest BCUT2D eigenvalue weighted by Crippen LogP contribution is 2.09. The van der Waals surface area contributed by atoms with E-state index in [-0.39, 0.29) is 12.1 Å². The van der Waals surface area contributed by atoms with Crippen LogP contribution in [-0.2, 0) is 0 Å². The summed E-state index contributed by atoms with van der Waals surface area (Å²) in [5.41, 5.74) is 0. The van der Waals surface area contributed by atoms with Gasteiger partial charge in [0.15, 0.2) is 0 Å².